The molecule has 0 saturated carbocycles. The number of hydrogen-bond donors (Lipinski definition) is 1. The van der Waals surface area contributed by atoms with Crippen molar-refractivity contribution in [3.05, 3.63) is 23.2 Å². The highest BCUT2D eigenvalue weighted by Gasteiger charge is 2.08. The van der Waals surface area contributed by atoms with E-state index in [1.54, 1.807) is 18.2 Å². The molecule has 0 heterocycles. The summed E-state index contributed by atoms with van der Waals surface area (Å²) in [6, 6.07) is 4.88. The van der Waals surface area contributed by atoms with Crippen LogP contribution in [0.25, 0.3) is 0 Å². The fourth-order valence-electron chi connectivity index (χ4n) is 0.987. The Morgan fingerprint density at radius 2 is 2.21 bits per heavy atom. The summed E-state index contributed by atoms with van der Waals surface area (Å²) in [4.78, 5) is 10.9. The first-order valence-electron chi connectivity index (χ1n) is 3.95. The number of rotatable bonds is 2. The molecule has 14 heavy (non-hydrogen) atoms. The number of nitrogens with zero attached hydrogens (tertiary/aromatic N) is 1. The highest BCUT2D eigenvalue weighted by Crippen LogP contribution is 2.28. The van der Waals surface area contributed by atoms with E-state index in [4.69, 9.17) is 22.2 Å². The molecule has 76 valence electrons. The summed E-state index contributed by atoms with van der Waals surface area (Å²) >= 11 is 5.86. The second-order valence-corrected chi connectivity index (χ2v) is 3.12. The van der Waals surface area contributed by atoms with Crippen molar-refractivity contribution in [2.24, 2.45) is 5.84 Å². The van der Waals surface area contributed by atoms with Crippen molar-refractivity contribution in [3.63, 3.8) is 0 Å². The number of carbonyl (C=O) groups excluding carboxylic acids is 1. The van der Waals surface area contributed by atoms with Gasteiger partial charge in [0.25, 0.3) is 0 Å². The lowest BCUT2D eigenvalue weighted by Gasteiger charge is -2.15. The van der Waals surface area contributed by atoms with Crippen molar-refractivity contribution < 1.29 is 9.53 Å². The topological polar surface area (TPSA) is 55.6 Å². The van der Waals surface area contributed by atoms with E-state index in [2.05, 4.69) is 0 Å². The Hall–Kier alpha value is -1.26. The first kappa shape index (κ1) is 10.8. The van der Waals surface area contributed by atoms with Crippen LogP contribution in [-0.4, -0.2) is 13.0 Å². The lowest BCUT2D eigenvalue weighted by atomic mass is 10.3. The number of anilines is 1. The smallest absolute Gasteiger partial charge is 0.238 e. The quantitative estimate of drug-likeness (QED) is 0.462. The van der Waals surface area contributed by atoms with Gasteiger partial charge in [-0.15, -0.1) is 0 Å². The predicted octanol–water partition coefficient (Wildman–Crippen LogP) is 1.58. The minimum absolute atomic E-state index is 0.258. The second-order valence-electron chi connectivity index (χ2n) is 2.71. The number of amides is 1. The molecule has 0 unspecified atom stereocenters. The van der Waals surface area contributed by atoms with Gasteiger partial charge in [0.2, 0.25) is 5.91 Å². The van der Waals surface area contributed by atoms with Crippen LogP contribution < -0.4 is 15.6 Å². The number of ether oxygens (including phenoxy) is 1. The molecule has 1 amide bonds. The van der Waals surface area contributed by atoms with Gasteiger partial charge < -0.3 is 4.74 Å². The van der Waals surface area contributed by atoms with Gasteiger partial charge in [-0.1, -0.05) is 11.6 Å². The van der Waals surface area contributed by atoms with Crippen molar-refractivity contribution in [2.75, 3.05) is 12.1 Å². The lowest BCUT2D eigenvalue weighted by Crippen LogP contribution is -2.35. The number of methoxy groups -OCH3 is 1. The van der Waals surface area contributed by atoms with Gasteiger partial charge in [-0.25, -0.2) is 10.9 Å². The average molecular weight is 215 g/mol. The van der Waals surface area contributed by atoms with Crippen LogP contribution in [0.2, 0.25) is 5.02 Å². The zero-order valence-corrected chi connectivity index (χ0v) is 8.71. The maximum Gasteiger partial charge on any atom is 0.238 e. The third-order valence-electron chi connectivity index (χ3n) is 1.75. The molecule has 0 radical (unpaired) electrons. The van der Waals surface area contributed by atoms with E-state index in [0.29, 0.717) is 16.5 Å². The molecule has 1 aromatic rings. The van der Waals surface area contributed by atoms with Crippen molar-refractivity contribution in [1.82, 2.24) is 0 Å². The third kappa shape index (κ3) is 2.16. The highest BCUT2D eigenvalue weighted by atomic mass is 35.5. The van der Waals surface area contributed by atoms with Gasteiger partial charge in [-0.05, 0) is 18.2 Å². The van der Waals surface area contributed by atoms with Gasteiger partial charge in [0.1, 0.15) is 5.75 Å². The van der Waals surface area contributed by atoms with Crippen LogP contribution in [0.3, 0.4) is 0 Å². The van der Waals surface area contributed by atoms with Gasteiger partial charge in [0, 0.05) is 6.92 Å². The van der Waals surface area contributed by atoms with Crippen LogP contribution in [-0.2, 0) is 4.79 Å². The Kier molecular flexibility index (Phi) is 3.33. The lowest BCUT2D eigenvalue weighted by molar-refractivity contribution is -0.116. The zero-order valence-electron chi connectivity index (χ0n) is 7.95. The molecule has 0 saturated heterocycles. The van der Waals surface area contributed by atoms with Gasteiger partial charge in [0.05, 0.1) is 17.8 Å². The van der Waals surface area contributed by atoms with E-state index in [-0.39, 0.29) is 5.91 Å². The van der Waals surface area contributed by atoms with Crippen LogP contribution in [0.15, 0.2) is 18.2 Å². The summed E-state index contributed by atoms with van der Waals surface area (Å²) in [6.07, 6.45) is 0. The predicted molar refractivity (Wildman–Crippen MR) is 55.4 cm³/mol. The van der Waals surface area contributed by atoms with Gasteiger partial charge in [-0.3, -0.25) is 4.79 Å². The molecule has 1 rings (SSSR count). The summed E-state index contributed by atoms with van der Waals surface area (Å²) < 4.78 is 4.96. The molecule has 0 bridgehead atoms. The number of hydrogen-bond acceptors (Lipinski definition) is 3. The third-order valence-corrected chi connectivity index (χ3v) is 2.05. The van der Waals surface area contributed by atoms with Crippen molar-refractivity contribution in [3.8, 4) is 5.75 Å². The molecule has 0 aromatic heterocycles. The summed E-state index contributed by atoms with van der Waals surface area (Å²) in [7, 11) is 1.52. The van der Waals surface area contributed by atoms with Crippen molar-refractivity contribution in [2.45, 2.75) is 6.92 Å². The Balaban J connectivity index is 3.02. The fourth-order valence-corrected chi connectivity index (χ4v) is 1.24. The Morgan fingerprint density at radius 1 is 1.57 bits per heavy atom. The number of hydrazine groups is 1. The van der Waals surface area contributed by atoms with Crippen LogP contribution in [0.4, 0.5) is 5.69 Å². The first-order chi connectivity index (χ1) is 6.56. The normalized spacial score (nSPS) is 9.71. The number of halogens is 1. The number of carbonyl (C=O) groups is 1. The van der Waals surface area contributed by atoms with E-state index >= 15 is 0 Å². The Bertz CT molecular complexity index is 355. The van der Waals surface area contributed by atoms with E-state index in [9.17, 15) is 4.79 Å². The largest absolute Gasteiger partial charge is 0.495 e. The van der Waals surface area contributed by atoms with Gasteiger partial charge >= 0.3 is 0 Å². The van der Waals surface area contributed by atoms with Gasteiger partial charge in [0.15, 0.2) is 0 Å². The van der Waals surface area contributed by atoms with Crippen molar-refractivity contribution in [1.29, 1.82) is 0 Å². The SMILES string of the molecule is COc1ccc(N(N)C(C)=O)cc1Cl. The Labute approximate surface area is 87.2 Å². The van der Waals surface area contributed by atoms with E-state index in [1.807, 2.05) is 0 Å². The molecule has 0 aliphatic rings. The van der Waals surface area contributed by atoms with E-state index in [0.717, 1.165) is 5.01 Å². The molecule has 5 heteroatoms. The molecule has 2 N–H and O–H groups in total. The fraction of sp³-hybridized carbons (Fsp3) is 0.222. The summed E-state index contributed by atoms with van der Waals surface area (Å²) in [5, 5.41) is 1.44. The molecular weight excluding hydrogens is 204 g/mol. The van der Waals surface area contributed by atoms with E-state index < -0.39 is 0 Å². The monoisotopic (exact) mass is 214 g/mol. The second kappa shape index (κ2) is 4.30. The van der Waals surface area contributed by atoms with Gasteiger partial charge in [-0.2, -0.15) is 0 Å². The Morgan fingerprint density at radius 3 is 2.64 bits per heavy atom. The molecule has 0 atom stereocenters. The van der Waals surface area contributed by atoms with Crippen LogP contribution >= 0.6 is 11.6 Å². The highest BCUT2D eigenvalue weighted by molar-refractivity contribution is 6.32. The minimum atomic E-state index is -0.258. The molecule has 0 fully saturated rings. The van der Waals surface area contributed by atoms with Crippen LogP contribution in [0.5, 0.6) is 5.75 Å². The molecule has 4 nitrogen and oxygen atoms in total. The maximum atomic E-state index is 10.9. The summed E-state index contributed by atoms with van der Waals surface area (Å²) in [6.45, 7) is 1.37. The molecule has 0 aliphatic carbocycles. The summed E-state index contributed by atoms with van der Waals surface area (Å²) in [5.41, 5.74) is 0.531. The number of nitrogens with two attached hydrogens (primary N) is 1. The van der Waals surface area contributed by atoms with Crippen LogP contribution in [0, 0.1) is 0 Å². The van der Waals surface area contributed by atoms with Crippen LogP contribution in [0.1, 0.15) is 6.92 Å². The average Bonchev–Trinajstić information content (AvgIpc) is 2.16. The standard InChI is InChI=1S/C9H11ClN2O2/c1-6(13)12(11)7-3-4-9(14-2)8(10)5-7/h3-5H,11H2,1-2H3. The van der Waals surface area contributed by atoms with Crippen molar-refractivity contribution >= 4 is 23.2 Å². The number of benzene rings is 1. The summed E-state index contributed by atoms with van der Waals surface area (Å²) in [5.74, 6) is 5.77. The molecule has 0 spiro atoms. The molecular formula is C9H11ClN2O2. The molecule has 1 aromatic carbocycles. The molecule has 0 aliphatic heterocycles. The first-order valence-corrected chi connectivity index (χ1v) is 4.33. The zero-order chi connectivity index (χ0) is 10.7. The maximum absolute atomic E-state index is 10.9. The minimum Gasteiger partial charge on any atom is -0.495 e. The van der Waals surface area contributed by atoms with E-state index in [1.165, 1.54) is 14.0 Å².